The molecule has 3 rings (SSSR count). The molecule has 1 fully saturated rings. The van der Waals surface area contributed by atoms with Crippen LogP contribution in [0.5, 0.6) is 0 Å². The van der Waals surface area contributed by atoms with Gasteiger partial charge in [0.1, 0.15) is 0 Å². The molecule has 0 bridgehead atoms. The molecular formula is C17H20P2. The molecule has 0 nitrogen and oxygen atoms in total. The van der Waals surface area contributed by atoms with Gasteiger partial charge in [0.15, 0.2) is 0 Å². The molecule has 1 aliphatic rings. The van der Waals surface area contributed by atoms with Gasteiger partial charge in [-0.05, 0) is 41.7 Å². The van der Waals surface area contributed by atoms with Crippen LogP contribution in [0.3, 0.4) is 0 Å². The summed E-state index contributed by atoms with van der Waals surface area (Å²) in [4.78, 5) is 0. The molecule has 0 amide bonds. The molecule has 0 N–H and O–H groups in total. The van der Waals surface area contributed by atoms with Crippen molar-refractivity contribution in [3.05, 3.63) is 60.7 Å². The quantitative estimate of drug-likeness (QED) is 0.720. The van der Waals surface area contributed by atoms with Crippen LogP contribution in [0.1, 0.15) is 12.8 Å². The molecule has 2 atom stereocenters. The minimum atomic E-state index is 0.0724. The molecule has 19 heavy (non-hydrogen) atoms. The van der Waals surface area contributed by atoms with Crippen molar-refractivity contribution in [3.63, 3.8) is 0 Å². The lowest BCUT2D eigenvalue weighted by Gasteiger charge is -2.21. The number of hydrogen-bond donors (Lipinski definition) is 0. The Balaban J connectivity index is 1.80. The molecule has 1 heterocycles. The average Bonchev–Trinajstić information content (AvgIpc) is 2.75. The van der Waals surface area contributed by atoms with Crippen LogP contribution in [-0.4, -0.2) is 18.2 Å². The molecule has 0 spiro atoms. The van der Waals surface area contributed by atoms with Crippen LogP contribution in [0.25, 0.3) is 0 Å². The summed E-state index contributed by atoms with van der Waals surface area (Å²) in [5.41, 5.74) is 0. The van der Waals surface area contributed by atoms with Crippen molar-refractivity contribution in [3.8, 4) is 0 Å². The zero-order chi connectivity index (χ0) is 12.9. The minimum absolute atomic E-state index is 0.0724. The Kier molecular flexibility index (Phi) is 4.65. The third-order valence-electron chi connectivity index (χ3n) is 3.69. The maximum atomic E-state index is 2.34. The first-order valence-corrected chi connectivity index (χ1v) is 10.5. The van der Waals surface area contributed by atoms with Gasteiger partial charge in [0.25, 0.3) is 0 Å². The van der Waals surface area contributed by atoms with Crippen LogP contribution in [0.4, 0.5) is 0 Å². The first-order valence-electron chi connectivity index (χ1n) is 7.03. The molecule has 2 unspecified atom stereocenters. The van der Waals surface area contributed by atoms with Gasteiger partial charge in [-0.2, -0.15) is 0 Å². The molecule has 2 aromatic rings. The van der Waals surface area contributed by atoms with Crippen molar-refractivity contribution in [1.82, 2.24) is 0 Å². The Labute approximate surface area is 118 Å². The maximum absolute atomic E-state index is 2.34. The highest BCUT2D eigenvalue weighted by molar-refractivity contribution is 7.81. The lowest BCUT2D eigenvalue weighted by atomic mass is 10.4. The minimum Gasteiger partial charge on any atom is -0.0706 e. The smallest absolute Gasteiger partial charge is 0.00399 e. The Morgan fingerprint density at radius 1 is 0.579 bits per heavy atom. The fourth-order valence-corrected chi connectivity index (χ4v) is 9.65. The first kappa shape index (κ1) is 13.3. The molecule has 0 radical (unpaired) electrons. The van der Waals surface area contributed by atoms with E-state index in [0.717, 1.165) is 0 Å². The van der Waals surface area contributed by atoms with E-state index >= 15 is 0 Å². The van der Waals surface area contributed by atoms with Gasteiger partial charge in [-0.15, -0.1) is 0 Å². The van der Waals surface area contributed by atoms with E-state index in [2.05, 4.69) is 60.7 Å². The van der Waals surface area contributed by atoms with Crippen molar-refractivity contribution >= 4 is 26.5 Å². The van der Waals surface area contributed by atoms with Crippen molar-refractivity contribution < 1.29 is 0 Å². The average molecular weight is 286 g/mol. The standard InChI is InChI=1S/C17H20P2/c1-3-9-16(10-4-1)18-13-7-8-14-19(15-18)17-11-5-2-6-12-17/h1-6,9-12H,7-8,13-15H2. The summed E-state index contributed by atoms with van der Waals surface area (Å²) < 4.78 is 0. The SMILES string of the molecule is c1ccc(P2CCCCP(c3ccccc3)C2)cc1. The Morgan fingerprint density at radius 2 is 1.00 bits per heavy atom. The summed E-state index contributed by atoms with van der Waals surface area (Å²) in [5, 5.41) is 3.23. The normalized spacial score (nSPS) is 23.8. The Hall–Kier alpha value is -0.700. The van der Waals surface area contributed by atoms with E-state index in [-0.39, 0.29) is 15.8 Å². The van der Waals surface area contributed by atoms with E-state index in [9.17, 15) is 0 Å². The fraction of sp³-hybridized carbons (Fsp3) is 0.294. The largest absolute Gasteiger partial charge is 0.0706 e. The molecule has 0 saturated carbocycles. The summed E-state index contributed by atoms with van der Waals surface area (Å²) in [5.74, 6) is 1.44. The second-order valence-corrected chi connectivity index (χ2v) is 10.3. The highest BCUT2D eigenvalue weighted by Crippen LogP contribution is 2.52. The summed E-state index contributed by atoms with van der Waals surface area (Å²) in [6.07, 6.45) is 5.72. The molecule has 0 aliphatic carbocycles. The molecule has 1 aliphatic heterocycles. The zero-order valence-corrected chi connectivity index (χ0v) is 13.0. The summed E-state index contributed by atoms with van der Waals surface area (Å²) >= 11 is 0. The van der Waals surface area contributed by atoms with E-state index < -0.39 is 0 Å². The van der Waals surface area contributed by atoms with Gasteiger partial charge >= 0.3 is 0 Å². The van der Waals surface area contributed by atoms with Crippen molar-refractivity contribution in [2.75, 3.05) is 18.2 Å². The lowest BCUT2D eigenvalue weighted by Crippen LogP contribution is -2.08. The van der Waals surface area contributed by atoms with Gasteiger partial charge in [0.05, 0.1) is 0 Å². The van der Waals surface area contributed by atoms with Crippen molar-refractivity contribution in [1.29, 1.82) is 0 Å². The third-order valence-corrected chi connectivity index (χ3v) is 10.2. The van der Waals surface area contributed by atoms with Crippen molar-refractivity contribution in [2.24, 2.45) is 0 Å². The van der Waals surface area contributed by atoms with E-state index in [1.54, 1.807) is 10.6 Å². The predicted molar refractivity (Wildman–Crippen MR) is 89.8 cm³/mol. The molecule has 1 saturated heterocycles. The topological polar surface area (TPSA) is 0 Å². The predicted octanol–water partition coefficient (Wildman–Crippen LogP) is 4.35. The maximum Gasteiger partial charge on any atom is -0.00399 e. The van der Waals surface area contributed by atoms with Gasteiger partial charge < -0.3 is 0 Å². The summed E-state index contributed by atoms with van der Waals surface area (Å²) in [6.45, 7) is 0. The number of benzene rings is 2. The molecule has 0 aromatic heterocycles. The molecule has 98 valence electrons. The summed E-state index contributed by atoms with van der Waals surface area (Å²) in [7, 11) is 0.145. The zero-order valence-electron chi connectivity index (χ0n) is 11.2. The van der Waals surface area contributed by atoms with Gasteiger partial charge in [0, 0.05) is 0 Å². The van der Waals surface area contributed by atoms with E-state index in [0.29, 0.717) is 0 Å². The van der Waals surface area contributed by atoms with Crippen LogP contribution in [0.2, 0.25) is 0 Å². The van der Waals surface area contributed by atoms with Gasteiger partial charge in [0.2, 0.25) is 0 Å². The van der Waals surface area contributed by atoms with Gasteiger partial charge in [-0.1, -0.05) is 76.5 Å². The Bertz CT molecular complexity index is 448. The van der Waals surface area contributed by atoms with Gasteiger partial charge in [-0.3, -0.25) is 0 Å². The van der Waals surface area contributed by atoms with Crippen LogP contribution in [-0.2, 0) is 0 Å². The van der Waals surface area contributed by atoms with Crippen LogP contribution >= 0.6 is 15.8 Å². The van der Waals surface area contributed by atoms with Gasteiger partial charge in [-0.25, -0.2) is 0 Å². The van der Waals surface area contributed by atoms with E-state index in [1.165, 1.54) is 31.1 Å². The molecule has 2 heteroatoms. The third kappa shape index (κ3) is 3.44. The molecular weight excluding hydrogens is 266 g/mol. The highest BCUT2D eigenvalue weighted by atomic mass is 31.2. The van der Waals surface area contributed by atoms with Crippen LogP contribution in [0.15, 0.2) is 60.7 Å². The monoisotopic (exact) mass is 286 g/mol. The number of hydrogen-bond acceptors (Lipinski definition) is 0. The highest BCUT2D eigenvalue weighted by Gasteiger charge is 2.21. The first-order chi connectivity index (χ1) is 9.43. The van der Waals surface area contributed by atoms with Crippen molar-refractivity contribution in [2.45, 2.75) is 12.8 Å². The second kappa shape index (κ2) is 6.65. The second-order valence-electron chi connectivity index (χ2n) is 5.05. The fourth-order valence-electron chi connectivity index (χ4n) is 2.65. The van der Waals surface area contributed by atoms with E-state index in [1.807, 2.05) is 0 Å². The molecule has 2 aromatic carbocycles. The van der Waals surface area contributed by atoms with Crippen LogP contribution < -0.4 is 10.6 Å². The van der Waals surface area contributed by atoms with Crippen LogP contribution in [0, 0.1) is 0 Å². The van der Waals surface area contributed by atoms with E-state index in [4.69, 9.17) is 0 Å². The lowest BCUT2D eigenvalue weighted by molar-refractivity contribution is 0.905. The Morgan fingerprint density at radius 3 is 1.42 bits per heavy atom. The summed E-state index contributed by atoms with van der Waals surface area (Å²) in [6, 6.07) is 22.4. The number of rotatable bonds is 2.